The number of benzene rings is 2. The summed E-state index contributed by atoms with van der Waals surface area (Å²) in [5, 5.41) is -0.0515. The summed E-state index contributed by atoms with van der Waals surface area (Å²) in [7, 11) is -0.487. The topological polar surface area (TPSA) is 110 Å². The SMILES string of the molecule is CCO[C@]1(CN2CCN(C(COC)COC)CC2)/C=C/C[C@H](C)[C@@H](C)S(=O)(=O)NC(=O)c2ccc3c(c2)N(C[C@@H]2CC[C@H]21)C[C@@]1(CCCc2cc(Cl)ccc21)CO3. The standard InChI is InChI=1S/C44H63ClN4O7S/c1-6-56-44(29-47-19-21-48(22-20-47)37(26-53-4)27-54-5)18-7-9-31(2)32(3)57(51,52)46-42(50)34-12-16-41-40(24-34)49(25-35-11-14-39(35)44)28-43(30-55-41)17-8-10-33-23-36(45)13-15-38(33)43/h7,12-13,15-16,18,23-24,31-32,35,37,39H,6,8-11,14,17,19-22,25-30H2,1-5H3,(H,46,50)/b18-7+/t31-,32+,35-,39+,43-,44-/m0/s1. The molecule has 5 aliphatic rings. The van der Waals surface area contributed by atoms with Gasteiger partial charge in [0.25, 0.3) is 5.91 Å². The Morgan fingerprint density at radius 3 is 2.51 bits per heavy atom. The molecule has 1 N–H and O–H groups in total. The van der Waals surface area contributed by atoms with E-state index < -0.39 is 26.8 Å². The molecule has 0 aromatic heterocycles. The van der Waals surface area contributed by atoms with Crippen LogP contribution in [0.2, 0.25) is 5.02 Å². The number of hydrogen-bond acceptors (Lipinski definition) is 10. The Hall–Kier alpha value is -2.71. The fourth-order valence-corrected chi connectivity index (χ4v) is 11.8. The molecule has 1 amide bonds. The largest absolute Gasteiger partial charge is 0.490 e. The minimum atomic E-state index is -3.98. The van der Waals surface area contributed by atoms with E-state index in [2.05, 4.69) is 50.6 Å². The van der Waals surface area contributed by atoms with Crippen molar-refractivity contribution in [3.63, 3.8) is 0 Å². The van der Waals surface area contributed by atoms with Crippen LogP contribution in [0.1, 0.15) is 74.4 Å². The van der Waals surface area contributed by atoms with E-state index >= 15 is 0 Å². The first-order valence-electron chi connectivity index (χ1n) is 21.0. The maximum Gasteiger partial charge on any atom is 0.264 e. The summed E-state index contributed by atoms with van der Waals surface area (Å²) in [6, 6.07) is 11.9. The minimum absolute atomic E-state index is 0.212. The molecule has 0 radical (unpaired) electrons. The van der Waals surface area contributed by atoms with E-state index in [0.29, 0.717) is 56.6 Å². The monoisotopic (exact) mass is 826 g/mol. The number of carbonyl (C=O) groups excluding carboxylic acids is 1. The summed E-state index contributed by atoms with van der Waals surface area (Å²) in [6.07, 6.45) is 10.0. The molecule has 0 unspecified atom stereocenters. The number of rotatable bonds is 9. The lowest BCUT2D eigenvalue weighted by Gasteiger charge is -2.53. The molecule has 3 heterocycles. The van der Waals surface area contributed by atoms with Gasteiger partial charge in [-0.15, -0.1) is 0 Å². The van der Waals surface area contributed by atoms with E-state index in [4.69, 9.17) is 30.5 Å². The van der Waals surface area contributed by atoms with E-state index in [1.54, 1.807) is 27.2 Å². The third kappa shape index (κ3) is 8.93. The van der Waals surface area contributed by atoms with Gasteiger partial charge in [0.15, 0.2) is 0 Å². The maximum atomic E-state index is 13.7. The molecule has 314 valence electrons. The predicted molar refractivity (Wildman–Crippen MR) is 225 cm³/mol. The number of amides is 1. The number of nitrogens with one attached hydrogen (secondary N) is 1. The Bertz CT molecular complexity index is 1870. The van der Waals surface area contributed by atoms with E-state index in [1.165, 1.54) is 11.1 Å². The molecule has 2 aromatic rings. The number of piperazine rings is 1. The Balaban J connectivity index is 1.26. The lowest BCUT2D eigenvalue weighted by molar-refractivity contribution is -0.114. The van der Waals surface area contributed by atoms with Gasteiger partial charge in [-0.25, -0.2) is 13.1 Å². The van der Waals surface area contributed by atoms with E-state index in [0.717, 1.165) is 82.1 Å². The zero-order valence-corrected chi connectivity index (χ0v) is 36.1. The number of halogens is 1. The fraction of sp³-hybridized carbons (Fsp3) is 0.659. The average molecular weight is 828 g/mol. The third-order valence-corrected chi connectivity index (χ3v) is 15.9. The average Bonchev–Trinajstić information content (AvgIpc) is 3.32. The minimum Gasteiger partial charge on any atom is -0.490 e. The Morgan fingerprint density at radius 1 is 1.04 bits per heavy atom. The molecular formula is C44H63ClN4O7S. The number of carbonyl (C=O) groups is 1. The number of anilines is 1. The van der Waals surface area contributed by atoms with Gasteiger partial charge in [0.2, 0.25) is 10.0 Å². The molecule has 1 saturated heterocycles. The van der Waals surface area contributed by atoms with Crippen molar-refractivity contribution < 1.29 is 32.2 Å². The smallest absolute Gasteiger partial charge is 0.264 e. The summed E-state index contributed by atoms with van der Waals surface area (Å²) in [5.41, 5.74) is 2.82. The van der Waals surface area contributed by atoms with Gasteiger partial charge in [-0.2, -0.15) is 0 Å². The number of hydrogen-bond donors (Lipinski definition) is 1. The summed E-state index contributed by atoms with van der Waals surface area (Å²) in [6.45, 7) is 13.9. The van der Waals surface area contributed by atoms with Crippen LogP contribution in [0.3, 0.4) is 0 Å². The summed E-state index contributed by atoms with van der Waals surface area (Å²) in [5.74, 6) is 0.398. The number of sulfonamides is 1. The predicted octanol–water partition coefficient (Wildman–Crippen LogP) is 5.94. The van der Waals surface area contributed by atoms with Gasteiger partial charge in [0.1, 0.15) is 11.4 Å². The Morgan fingerprint density at radius 2 is 1.81 bits per heavy atom. The van der Waals surface area contributed by atoms with Crippen LogP contribution in [0.4, 0.5) is 5.69 Å². The molecule has 11 nitrogen and oxygen atoms in total. The van der Waals surface area contributed by atoms with Crippen molar-refractivity contribution in [1.29, 1.82) is 0 Å². The highest BCUT2D eigenvalue weighted by Crippen LogP contribution is 2.49. The lowest BCUT2D eigenvalue weighted by Crippen LogP contribution is -2.60. The van der Waals surface area contributed by atoms with Gasteiger partial charge < -0.3 is 23.8 Å². The van der Waals surface area contributed by atoms with Gasteiger partial charge in [-0.05, 0) is 112 Å². The van der Waals surface area contributed by atoms with Crippen LogP contribution in [0.5, 0.6) is 5.75 Å². The first-order valence-corrected chi connectivity index (χ1v) is 23.0. The zero-order chi connectivity index (χ0) is 40.4. The number of methoxy groups -OCH3 is 2. The molecular weight excluding hydrogens is 764 g/mol. The highest BCUT2D eigenvalue weighted by molar-refractivity contribution is 7.90. The van der Waals surface area contributed by atoms with Crippen LogP contribution in [0, 0.1) is 17.8 Å². The first kappa shape index (κ1) is 42.4. The summed E-state index contributed by atoms with van der Waals surface area (Å²) < 4.78 is 54.7. The van der Waals surface area contributed by atoms with Gasteiger partial charge in [0, 0.05) is 82.6 Å². The van der Waals surface area contributed by atoms with Crippen molar-refractivity contribution in [1.82, 2.24) is 14.5 Å². The number of ether oxygens (including phenoxy) is 4. The van der Waals surface area contributed by atoms with Crippen molar-refractivity contribution >= 4 is 33.2 Å². The van der Waals surface area contributed by atoms with Crippen LogP contribution >= 0.6 is 11.6 Å². The van der Waals surface area contributed by atoms with E-state index in [1.807, 2.05) is 25.1 Å². The van der Waals surface area contributed by atoms with Crippen molar-refractivity contribution in [3.8, 4) is 5.75 Å². The molecule has 1 saturated carbocycles. The second-order valence-electron chi connectivity index (χ2n) is 17.3. The molecule has 6 atom stereocenters. The molecule has 1 spiro atoms. The second-order valence-corrected chi connectivity index (χ2v) is 19.8. The molecule has 2 aliphatic carbocycles. The van der Waals surface area contributed by atoms with Crippen molar-refractivity contribution in [3.05, 3.63) is 70.3 Å². The molecule has 57 heavy (non-hydrogen) atoms. The van der Waals surface area contributed by atoms with Crippen LogP contribution in [-0.4, -0.2) is 127 Å². The second kappa shape index (κ2) is 17.9. The Kier molecular flexibility index (Phi) is 13.3. The lowest BCUT2D eigenvalue weighted by atomic mass is 9.63. The molecule has 2 aromatic carbocycles. The van der Waals surface area contributed by atoms with Gasteiger partial charge >= 0.3 is 0 Å². The van der Waals surface area contributed by atoms with E-state index in [9.17, 15) is 13.2 Å². The van der Waals surface area contributed by atoms with Crippen molar-refractivity contribution in [2.45, 2.75) is 81.6 Å². The molecule has 3 aliphatic heterocycles. The quantitative estimate of drug-likeness (QED) is 0.306. The molecule has 7 rings (SSSR count). The normalized spacial score (nSPS) is 31.4. The van der Waals surface area contributed by atoms with Gasteiger partial charge in [-0.3, -0.25) is 14.6 Å². The van der Waals surface area contributed by atoms with Gasteiger partial charge in [0.05, 0.1) is 36.8 Å². The number of allylic oxidation sites excluding steroid dienone is 1. The van der Waals surface area contributed by atoms with Gasteiger partial charge in [-0.1, -0.05) is 36.7 Å². The maximum absolute atomic E-state index is 13.7. The zero-order valence-electron chi connectivity index (χ0n) is 34.5. The number of fused-ring (bicyclic) bond motifs is 4. The Labute approximate surface area is 345 Å². The highest BCUT2D eigenvalue weighted by Gasteiger charge is 2.50. The van der Waals surface area contributed by atoms with Crippen LogP contribution in [0.15, 0.2) is 48.6 Å². The number of nitrogens with zero attached hydrogens (tertiary/aromatic N) is 3. The summed E-state index contributed by atoms with van der Waals surface area (Å²) >= 11 is 6.53. The fourth-order valence-electron chi connectivity index (χ4n) is 10.3. The molecule has 13 heteroatoms. The van der Waals surface area contributed by atoms with Crippen LogP contribution in [-0.2, 0) is 36.1 Å². The highest BCUT2D eigenvalue weighted by atomic mass is 35.5. The molecule has 2 fully saturated rings. The first-order chi connectivity index (χ1) is 27.4. The van der Waals surface area contributed by atoms with Crippen molar-refractivity contribution in [2.75, 3.05) is 91.4 Å². The molecule has 2 bridgehead atoms. The number of aryl methyl sites for hydroxylation is 1. The van der Waals surface area contributed by atoms with Crippen LogP contribution < -0.4 is 14.4 Å². The third-order valence-electron chi connectivity index (χ3n) is 13.8. The van der Waals surface area contributed by atoms with Crippen LogP contribution in [0.25, 0.3) is 0 Å². The summed E-state index contributed by atoms with van der Waals surface area (Å²) in [4.78, 5) is 21.2. The van der Waals surface area contributed by atoms with E-state index in [-0.39, 0.29) is 23.3 Å². The van der Waals surface area contributed by atoms with Crippen molar-refractivity contribution in [2.24, 2.45) is 17.8 Å².